The summed E-state index contributed by atoms with van der Waals surface area (Å²) in [7, 11) is -2.95. The first kappa shape index (κ1) is 12.8. The van der Waals surface area contributed by atoms with Gasteiger partial charge in [-0.3, -0.25) is 4.79 Å². The van der Waals surface area contributed by atoms with Gasteiger partial charge in [-0.05, 0) is 18.1 Å². The zero-order valence-corrected chi connectivity index (χ0v) is 10.7. The van der Waals surface area contributed by atoms with Crippen molar-refractivity contribution in [1.82, 2.24) is 5.32 Å². The largest absolute Gasteiger partial charge is 0.349 e. The Balaban J connectivity index is 1.88. The van der Waals surface area contributed by atoms with Crippen LogP contribution in [0.25, 0.3) is 6.08 Å². The van der Waals surface area contributed by atoms with E-state index in [9.17, 15) is 13.2 Å². The van der Waals surface area contributed by atoms with Gasteiger partial charge in [0.2, 0.25) is 5.91 Å². The standard InChI is InChI=1S/C13H15NO3S/c15-13(7-6-11-4-2-1-3-5-11)14-12-8-9-18(16,17)10-12/h1-7,12H,8-10H2,(H,14,15)/b7-6+/t12-/m0/s1. The van der Waals surface area contributed by atoms with E-state index in [1.165, 1.54) is 6.08 Å². The monoisotopic (exact) mass is 265 g/mol. The normalized spacial score (nSPS) is 22.1. The summed E-state index contributed by atoms with van der Waals surface area (Å²) in [6.45, 7) is 0. The maximum atomic E-state index is 11.6. The lowest BCUT2D eigenvalue weighted by Crippen LogP contribution is -2.34. The minimum atomic E-state index is -2.95. The van der Waals surface area contributed by atoms with Gasteiger partial charge in [-0.25, -0.2) is 8.42 Å². The molecule has 18 heavy (non-hydrogen) atoms. The second-order valence-corrected chi connectivity index (χ2v) is 6.58. The summed E-state index contributed by atoms with van der Waals surface area (Å²) in [4.78, 5) is 11.6. The summed E-state index contributed by atoms with van der Waals surface area (Å²) >= 11 is 0. The van der Waals surface area contributed by atoms with Crippen molar-refractivity contribution >= 4 is 21.8 Å². The van der Waals surface area contributed by atoms with Crippen LogP contribution in [0, 0.1) is 0 Å². The highest BCUT2D eigenvalue weighted by Gasteiger charge is 2.28. The number of sulfone groups is 1. The minimum Gasteiger partial charge on any atom is -0.349 e. The summed E-state index contributed by atoms with van der Waals surface area (Å²) < 4.78 is 22.5. The molecule has 0 radical (unpaired) electrons. The second-order valence-electron chi connectivity index (χ2n) is 4.35. The minimum absolute atomic E-state index is 0.0535. The Kier molecular flexibility index (Phi) is 3.81. The van der Waals surface area contributed by atoms with E-state index in [1.807, 2.05) is 30.3 Å². The Morgan fingerprint density at radius 3 is 2.61 bits per heavy atom. The van der Waals surface area contributed by atoms with Gasteiger partial charge < -0.3 is 5.32 Å². The van der Waals surface area contributed by atoms with Crippen LogP contribution in [-0.4, -0.2) is 31.9 Å². The van der Waals surface area contributed by atoms with E-state index in [-0.39, 0.29) is 23.5 Å². The van der Waals surface area contributed by atoms with Crippen LogP contribution in [0.2, 0.25) is 0 Å². The number of hydrogen-bond acceptors (Lipinski definition) is 3. The van der Waals surface area contributed by atoms with E-state index in [2.05, 4.69) is 5.32 Å². The molecule has 0 saturated carbocycles. The molecular weight excluding hydrogens is 250 g/mol. The Morgan fingerprint density at radius 1 is 1.28 bits per heavy atom. The highest BCUT2D eigenvalue weighted by Crippen LogP contribution is 2.11. The number of carbonyl (C=O) groups excluding carboxylic acids is 1. The fourth-order valence-electron chi connectivity index (χ4n) is 1.89. The fraction of sp³-hybridized carbons (Fsp3) is 0.308. The third-order valence-electron chi connectivity index (χ3n) is 2.81. The third kappa shape index (κ3) is 3.70. The average molecular weight is 265 g/mol. The van der Waals surface area contributed by atoms with Gasteiger partial charge in [0.25, 0.3) is 0 Å². The zero-order chi connectivity index (χ0) is 13.0. The van der Waals surface area contributed by atoms with Crippen LogP contribution in [-0.2, 0) is 14.6 Å². The smallest absolute Gasteiger partial charge is 0.244 e. The van der Waals surface area contributed by atoms with Gasteiger partial charge in [0, 0.05) is 12.1 Å². The molecule has 1 atom stereocenters. The average Bonchev–Trinajstić information content (AvgIpc) is 2.67. The summed E-state index contributed by atoms with van der Waals surface area (Å²) in [5.41, 5.74) is 0.937. The van der Waals surface area contributed by atoms with E-state index in [0.717, 1.165) is 5.56 Å². The SMILES string of the molecule is O=C(/C=C/c1ccccc1)N[C@H]1CCS(=O)(=O)C1. The first-order valence-electron chi connectivity index (χ1n) is 5.79. The topological polar surface area (TPSA) is 63.2 Å². The van der Waals surface area contributed by atoms with Crippen LogP contribution in [0.15, 0.2) is 36.4 Å². The number of nitrogens with one attached hydrogen (secondary N) is 1. The molecule has 1 aliphatic rings. The maximum absolute atomic E-state index is 11.6. The molecule has 0 aliphatic carbocycles. The van der Waals surface area contributed by atoms with Gasteiger partial charge in [-0.1, -0.05) is 30.3 Å². The van der Waals surface area contributed by atoms with E-state index < -0.39 is 9.84 Å². The molecule has 5 heteroatoms. The van der Waals surface area contributed by atoms with Gasteiger partial charge in [-0.2, -0.15) is 0 Å². The van der Waals surface area contributed by atoms with Crippen molar-refractivity contribution in [2.24, 2.45) is 0 Å². The summed E-state index contributed by atoms with van der Waals surface area (Å²) in [6.07, 6.45) is 3.65. The van der Waals surface area contributed by atoms with Gasteiger partial charge >= 0.3 is 0 Å². The maximum Gasteiger partial charge on any atom is 0.244 e. The molecule has 0 spiro atoms. The van der Waals surface area contributed by atoms with Gasteiger partial charge in [-0.15, -0.1) is 0 Å². The molecule has 1 fully saturated rings. The zero-order valence-electron chi connectivity index (χ0n) is 9.87. The number of amides is 1. The number of benzene rings is 1. The molecule has 4 nitrogen and oxygen atoms in total. The van der Waals surface area contributed by atoms with Crippen LogP contribution in [0.5, 0.6) is 0 Å². The lowest BCUT2D eigenvalue weighted by Gasteiger charge is -2.07. The molecule has 96 valence electrons. The van der Waals surface area contributed by atoms with E-state index in [1.54, 1.807) is 6.08 Å². The first-order chi connectivity index (χ1) is 8.55. The lowest BCUT2D eigenvalue weighted by molar-refractivity contribution is -0.116. The van der Waals surface area contributed by atoms with Crippen molar-refractivity contribution in [3.8, 4) is 0 Å². The van der Waals surface area contributed by atoms with Crippen molar-refractivity contribution in [3.63, 3.8) is 0 Å². The Morgan fingerprint density at radius 2 is 2.00 bits per heavy atom. The highest BCUT2D eigenvalue weighted by molar-refractivity contribution is 7.91. The van der Waals surface area contributed by atoms with Crippen LogP contribution >= 0.6 is 0 Å². The van der Waals surface area contributed by atoms with Crippen molar-refractivity contribution in [2.45, 2.75) is 12.5 Å². The van der Waals surface area contributed by atoms with Crippen LogP contribution in [0.1, 0.15) is 12.0 Å². The molecule has 1 saturated heterocycles. The molecule has 1 aromatic carbocycles. The molecule has 0 bridgehead atoms. The van der Waals surface area contributed by atoms with Crippen molar-refractivity contribution < 1.29 is 13.2 Å². The highest BCUT2D eigenvalue weighted by atomic mass is 32.2. The third-order valence-corrected chi connectivity index (χ3v) is 4.57. The van der Waals surface area contributed by atoms with Crippen LogP contribution in [0.3, 0.4) is 0 Å². The van der Waals surface area contributed by atoms with Gasteiger partial charge in [0.15, 0.2) is 9.84 Å². The van der Waals surface area contributed by atoms with Crippen molar-refractivity contribution in [3.05, 3.63) is 42.0 Å². The van der Waals surface area contributed by atoms with Gasteiger partial charge in [0.05, 0.1) is 11.5 Å². The fourth-order valence-corrected chi connectivity index (χ4v) is 3.57. The van der Waals surface area contributed by atoms with Crippen LogP contribution in [0.4, 0.5) is 0 Å². The molecule has 2 rings (SSSR count). The summed E-state index contributed by atoms with van der Waals surface area (Å²) in [6, 6.07) is 9.22. The predicted octanol–water partition coefficient (Wildman–Crippen LogP) is 1.00. The quantitative estimate of drug-likeness (QED) is 0.829. The number of hydrogen-bond donors (Lipinski definition) is 1. The van der Waals surface area contributed by atoms with Crippen molar-refractivity contribution in [2.75, 3.05) is 11.5 Å². The Hall–Kier alpha value is -1.62. The van der Waals surface area contributed by atoms with E-state index in [0.29, 0.717) is 6.42 Å². The summed E-state index contributed by atoms with van der Waals surface area (Å²) in [5.74, 6) is -0.0286. The molecule has 1 aliphatic heterocycles. The Bertz CT molecular complexity index is 549. The molecule has 1 amide bonds. The molecule has 1 heterocycles. The van der Waals surface area contributed by atoms with E-state index in [4.69, 9.17) is 0 Å². The lowest BCUT2D eigenvalue weighted by atomic mass is 10.2. The molecule has 1 N–H and O–H groups in total. The second kappa shape index (κ2) is 5.35. The first-order valence-corrected chi connectivity index (χ1v) is 7.61. The number of carbonyl (C=O) groups is 1. The predicted molar refractivity (Wildman–Crippen MR) is 70.7 cm³/mol. The van der Waals surface area contributed by atoms with Gasteiger partial charge in [0.1, 0.15) is 0 Å². The molecular formula is C13H15NO3S. The van der Waals surface area contributed by atoms with Crippen molar-refractivity contribution in [1.29, 1.82) is 0 Å². The van der Waals surface area contributed by atoms with E-state index >= 15 is 0 Å². The molecule has 1 aromatic rings. The number of rotatable bonds is 3. The molecule has 0 aromatic heterocycles. The summed E-state index contributed by atoms with van der Waals surface area (Å²) in [5, 5.41) is 2.70. The molecule has 0 unspecified atom stereocenters. The Labute approximate surface area is 107 Å². The van der Waals surface area contributed by atoms with Crippen LogP contribution < -0.4 is 5.32 Å².